The number of aromatic hydroxyl groups is 1. The largest absolute Gasteiger partial charge is 0.508 e. The van der Waals surface area contributed by atoms with Gasteiger partial charge in [0.15, 0.2) is 5.65 Å². The zero-order valence-electron chi connectivity index (χ0n) is 17.2. The Morgan fingerprint density at radius 1 is 1.00 bits per heavy atom. The monoisotopic (exact) mass is 398 g/mol. The maximum Gasteiger partial charge on any atom is 0.272 e. The zero-order chi connectivity index (χ0) is 20.8. The third kappa shape index (κ3) is 2.82. The predicted molar refractivity (Wildman–Crippen MR) is 116 cm³/mol. The van der Waals surface area contributed by atoms with E-state index in [1.54, 1.807) is 16.8 Å². The number of para-hydroxylation sites is 1. The summed E-state index contributed by atoms with van der Waals surface area (Å²) in [5, 5.41) is 24.4. The van der Waals surface area contributed by atoms with Gasteiger partial charge in [-0.25, -0.2) is 4.68 Å². The van der Waals surface area contributed by atoms with Gasteiger partial charge in [-0.15, -0.1) is 10.2 Å². The van der Waals surface area contributed by atoms with Gasteiger partial charge in [0.1, 0.15) is 11.3 Å². The molecule has 0 amide bonds. The van der Waals surface area contributed by atoms with E-state index in [4.69, 9.17) is 10.1 Å². The minimum Gasteiger partial charge on any atom is -0.508 e. The van der Waals surface area contributed by atoms with Gasteiger partial charge in [-0.1, -0.05) is 30.3 Å². The van der Waals surface area contributed by atoms with E-state index >= 15 is 0 Å². The summed E-state index contributed by atoms with van der Waals surface area (Å²) in [7, 11) is 0. The van der Waals surface area contributed by atoms with E-state index in [2.05, 4.69) is 33.8 Å². The van der Waals surface area contributed by atoms with Gasteiger partial charge in [0.2, 0.25) is 0 Å². The summed E-state index contributed by atoms with van der Waals surface area (Å²) in [6, 6.07) is 15.5. The van der Waals surface area contributed by atoms with Crippen molar-refractivity contribution < 1.29 is 5.11 Å². The molecule has 0 atom stereocenters. The van der Waals surface area contributed by atoms with Crippen LogP contribution >= 0.6 is 0 Å². The molecular formula is C23H22N6O. The number of phenols is 1. The summed E-state index contributed by atoms with van der Waals surface area (Å²) in [5.74, 6) is 0.725. The van der Waals surface area contributed by atoms with Gasteiger partial charge >= 0.3 is 0 Å². The molecule has 1 N–H and O–H groups in total. The molecular weight excluding hydrogens is 376 g/mol. The molecule has 2 aromatic carbocycles. The average Bonchev–Trinajstić information content (AvgIpc) is 3.22. The van der Waals surface area contributed by atoms with Crippen molar-refractivity contribution in [2.24, 2.45) is 0 Å². The Labute approximate surface area is 173 Å². The second-order valence-corrected chi connectivity index (χ2v) is 7.45. The van der Waals surface area contributed by atoms with Crippen LogP contribution in [0.5, 0.6) is 5.75 Å². The number of benzene rings is 2. The Kier molecular flexibility index (Phi) is 4.24. The molecule has 0 spiro atoms. The smallest absolute Gasteiger partial charge is 0.272 e. The highest BCUT2D eigenvalue weighted by molar-refractivity contribution is 6.04. The minimum atomic E-state index is 0.264. The van der Waals surface area contributed by atoms with Crippen molar-refractivity contribution in [3.8, 4) is 11.7 Å². The number of nitrogens with zero attached hydrogens (tertiary/aromatic N) is 6. The van der Waals surface area contributed by atoms with Crippen LogP contribution in [0.15, 0.2) is 48.5 Å². The average molecular weight is 398 g/mol. The fourth-order valence-corrected chi connectivity index (χ4v) is 4.10. The third-order valence-corrected chi connectivity index (χ3v) is 5.60. The lowest BCUT2D eigenvalue weighted by atomic mass is 10.0. The van der Waals surface area contributed by atoms with Gasteiger partial charge in [-0.2, -0.15) is 10.1 Å². The van der Waals surface area contributed by atoms with E-state index in [0.717, 1.165) is 51.1 Å². The van der Waals surface area contributed by atoms with Crippen molar-refractivity contribution in [3.63, 3.8) is 0 Å². The van der Waals surface area contributed by atoms with Crippen LogP contribution < -0.4 is 0 Å². The first-order valence-electron chi connectivity index (χ1n) is 10.0. The number of hydrogen-bond acceptors (Lipinski definition) is 5. The molecule has 0 aliphatic heterocycles. The van der Waals surface area contributed by atoms with Crippen LogP contribution in [0.1, 0.15) is 29.4 Å². The lowest BCUT2D eigenvalue weighted by Gasteiger charge is -2.06. The number of phenolic OH excluding ortho intramolecular Hbond substituents is 1. The van der Waals surface area contributed by atoms with Crippen molar-refractivity contribution in [3.05, 3.63) is 71.0 Å². The van der Waals surface area contributed by atoms with Crippen LogP contribution in [0.25, 0.3) is 28.0 Å². The quantitative estimate of drug-likeness (QED) is 0.493. The third-order valence-electron chi connectivity index (χ3n) is 5.60. The van der Waals surface area contributed by atoms with Crippen molar-refractivity contribution in [1.82, 2.24) is 29.5 Å². The summed E-state index contributed by atoms with van der Waals surface area (Å²) >= 11 is 0. The van der Waals surface area contributed by atoms with E-state index in [1.165, 1.54) is 0 Å². The van der Waals surface area contributed by atoms with Gasteiger partial charge in [-0.3, -0.25) is 0 Å². The van der Waals surface area contributed by atoms with E-state index in [9.17, 15) is 5.11 Å². The number of aryl methyl sites for hydroxylation is 2. The molecule has 0 aliphatic rings. The maximum absolute atomic E-state index is 9.77. The summed E-state index contributed by atoms with van der Waals surface area (Å²) in [6.45, 7) is 6.89. The number of rotatable bonds is 4. The van der Waals surface area contributed by atoms with Crippen molar-refractivity contribution in [2.75, 3.05) is 0 Å². The second-order valence-electron chi connectivity index (χ2n) is 7.45. The number of hydrogen-bond donors (Lipinski definition) is 1. The van der Waals surface area contributed by atoms with Crippen LogP contribution in [0.2, 0.25) is 0 Å². The molecule has 5 rings (SSSR count). The number of aromatic nitrogens is 6. The minimum absolute atomic E-state index is 0.264. The molecule has 0 aliphatic carbocycles. The topological polar surface area (TPSA) is 81.7 Å². The Bertz CT molecular complexity index is 1400. The van der Waals surface area contributed by atoms with Gasteiger partial charge in [-0.05, 0) is 44.5 Å². The maximum atomic E-state index is 9.77. The fourth-order valence-electron chi connectivity index (χ4n) is 4.10. The zero-order valence-corrected chi connectivity index (χ0v) is 17.2. The Hall–Kier alpha value is -3.74. The molecule has 0 saturated carbocycles. The van der Waals surface area contributed by atoms with E-state index in [-0.39, 0.29) is 5.75 Å². The molecule has 7 nitrogen and oxygen atoms in total. The van der Waals surface area contributed by atoms with E-state index < -0.39 is 0 Å². The van der Waals surface area contributed by atoms with Crippen LogP contribution in [-0.2, 0) is 13.0 Å². The molecule has 7 heteroatoms. The van der Waals surface area contributed by atoms with Gasteiger partial charge in [0, 0.05) is 29.6 Å². The van der Waals surface area contributed by atoms with Crippen molar-refractivity contribution in [1.29, 1.82) is 0 Å². The molecule has 5 aromatic rings. The van der Waals surface area contributed by atoms with E-state index in [1.807, 2.05) is 38.1 Å². The van der Waals surface area contributed by atoms with Gasteiger partial charge in [0.25, 0.3) is 5.95 Å². The predicted octanol–water partition coefficient (Wildman–Crippen LogP) is 4.10. The Morgan fingerprint density at radius 2 is 1.83 bits per heavy atom. The molecule has 3 aromatic heterocycles. The highest BCUT2D eigenvalue weighted by atomic mass is 16.3. The van der Waals surface area contributed by atoms with Crippen LogP contribution in [0.3, 0.4) is 0 Å². The first kappa shape index (κ1) is 18.3. The molecule has 0 radical (unpaired) electrons. The molecule has 150 valence electrons. The lowest BCUT2D eigenvalue weighted by Crippen LogP contribution is -2.08. The van der Waals surface area contributed by atoms with Crippen LogP contribution in [0, 0.1) is 13.8 Å². The first-order valence-corrected chi connectivity index (χ1v) is 10.0. The molecule has 0 unspecified atom stereocenters. The Morgan fingerprint density at radius 3 is 2.63 bits per heavy atom. The lowest BCUT2D eigenvalue weighted by molar-refractivity contribution is 0.474. The Balaban J connectivity index is 1.63. The summed E-state index contributed by atoms with van der Waals surface area (Å²) in [4.78, 5) is 4.84. The van der Waals surface area contributed by atoms with E-state index in [0.29, 0.717) is 12.4 Å². The molecule has 0 fully saturated rings. The molecule has 30 heavy (non-hydrogen) atoms. The molecule has 0 bridgehead atoms. The highest BCUT2D eigenvalue weighted by Gasteiger charge is 2.18. The van der Waals surface area contributed by atoms with Gasteiger partial charge < -0.3 is 9.67 Å². The summed E-state index contributed by atoms with van der Waals surface area (Å²) in [5.41, 5.74) is 6.73. The fraction of sp³-hybridized carbons (Fsp3) is 0.217. The summed E-state index contributed by atoms with van der Waals surface area (Å²) in [6.07, 6.45) is 0.678. The standard InChI is InChI=1S/C23H22N6O/c1-4-28-20-11-6-5-10-18(20)21-22(28)24-23(26-25-21)29-15(3)19(14(2)27-29)13-16-8-7-9-17(30)12-16/h5-12,30H,4,13H2,1-3H3. The van der Waals surface area contributed by atoms with Crippen molar-refractivity contribution >= 4 is 22.1 Å². The SMILES string of the molecule is CCn1c2ccccc2c2nnc(-n3nc(C)c(Cc4cccc(O)c4)c3C)nc21. The second kappa shape index (κ2) is 6.95. The highest BCUT2D eigenvalue weighted by Crippen LogP contribution is 2.27. The summed E-state index contributed by atoms with van der Waals surface area (Å²) < 4.78 is 3.92. The first-order chi connectivity index (χ1) is 14.6. The molecule has 3 heterocycles. The normalized spacial score (nSPS) is 11.6. The van der Waals surface area contributed by atoms with Gasteiger partial charge in [0.05, 0.1) is 11.2 Å². The van der Waals surface area contributed by atoms with Crippen LogP contribution in [0.4, 0.5) is 0 Å². The van der Waals surface area contributed by atoms with Crippen molar-refractivity contribution in [2.45, 2.75) is 33.7 Å². The van der Waals surface area contributed by atoms with Crippen LogP contribution in [-0.4, -0.2) is 34.6 Å². The molecule has 0 saturated heterocycles. The number of fused-ring (bicyclic) bond motifs is 3.